The Morgan fingerprint density at radius 2 is 1.35 bits per heavy atom. The summed E-state index contributed by atoms with van der Waals surface area (Å²) in [7, 11) is 1.49. The van der Waals surface area contributed by atoms with Crippen molar-refractivity contribution in [3.05, 3.63) is 152 Å². The summed E-state index contributed by atoms with van der Waals surface area (Å²) in [5, 5.41) is 3.12. The van der Waals surface area contributed by atoms with Gasteiger partial charge in [0.1, 0.15) is 42.1 Å². The van der Waals surface area contributed by atoms with Crippen molar-refractivity contribution in [1.82, 2.24) is 19.5 Å². The van der Waals surface area contributed by atoms with Crippen molar-refractivity contribution in [2.75, 3.05) is 40.5 Å². The molecule has 2 N–H and O–H groups in total. The molecule has 5 atom stereocenters. The van der Waals surface area contributed by atoms with Gasteiger partial charge in [-0.3, -0.25) is 19.1 Å². The molecule has 5 rings (SSSR count). The van der Waals surface area contributed by atoms with Gasteiger partial charge in [-0.05, 0) is 101 Å². The number of carbonyl (C=O) groups excluding carboxylic acids is 1. The van der Waals surface area contributed by atoms with Gasteiger partial charge in [-0.15, -0.1) is 0 Å². The molecule has 0 spiro atoms. The van der Waals surface area contributed by atoms with Crippen molar-refractivity contribution in [1.29, 1.82) is 0 Å². The van der Waals surface area contributed by atoms with Crippen LogP contribution in [0.4, 0.5) is 0 Å². The van der Waals surface area contributed by atoms with Crippen LogP contribution in [0.2, 0.25) is 0 Å². The van der Waals surface area contributed by atoms with Gasteiger partial charge in [0.2, 0.25) is 12.5 Å². The summed E-state index contributed by atoms with van der Waals surface area (Å²) < 4.78 is 43.2. The number of H-pyrrole nitrogens is 1. The maximum atomic E-state index is 13.8. The molecule has 1 fully saturated rings. The fraction of sp³-hybridized carbons (Fsp3) is 0.581. The third-order valence-corrected chi connectivity index (χ3v) is 16.4. The molecule has 4 aromatic rings. The number of aromatic amines is 1. The lowest BCUT2D eigenvalue weighted by molar-refractivity contribution is -0.121. The largest absolute Gasteiger partial charge is 0.497 e. The van der Waals surface area contributed by atoms with Gasteiger partial charge in [-0.1, -0.05) is 151 Å². The first-order chi connectivity index (χ1) is 37.5. The average molecular weight is 1080 g/mol. The number of amides is 1. The van der Waals surface area contributed by atoms with E-state index in [4.69, 9.17) is 34.6 Å². The molecule has 2 unspecified atom stereocenters. The Hall–Kier alpha value is -5.13. The first kappa shape index (κ1) is 62.7. The molecule has 3 aromatic carbocycles. The second-order valence-electron chi connectivity index (χ2n) is 20.7. The lowest BCUT2D eigenvalue weighted by Gasteiger charge is -2.39. The molecule has 14 nitrogen and oxygen atoms in total. The summed E-state index contributed by atoms with van der Waals surface area (Å²) in [6, 6.07) is 27.0. The second kappa shape index (κ2) is 34.7. The van der Waals surface area contributed by atoms with Crippen LogP contribution in [0.3, 0.4) is 0 Å². The van der Waals surface area contributed by atoms with Crippen molar-refractivity contribution in [2.45, 2.75) is 186 Å². The maximum absolute atomic E-state index is 13.8. The number of allylic oxidation sites excluding steroid dienone is 2. The normalized spacial score (nSPS) is 17.1. The number of ether oxygens (including phenoxy) is 4. The third-order valence-electron chi connectivity index (χ3n) is 14.3. The fourth-order valence-electron chi connectivity index (χ4n) is 10.3. The molecule has 422 valence electrons. The van der Waals surface area contributed by atoms with Crippen LogP contribution in [0.15, 0.2) is 113 Å². The Balaban J connectivity index is 1.36. The standard InChI is InChI=1S/C62H90N5O9P/c1-9-10-11-12-13-14-15-16-17-18-19-22-28-33-57(68)64-43-29-23-20-21-27-32-55-59(76-77(74-46-44-63-6)67(48(2)3)49(4)5)56(75-60(55)66-45-42-58(69)65-61(66)70)47-73-62(50-30-25-24-26-31-50,51-34-38-53(71-7)39-35-51)52-36-40-54(72-8)41-37-52/h21,24-27,30-31,34-42,45,48-49,55-56,59-60H,9-20,22-23,28-29,32-33,43-44,46-47H2,1-5,7-8H3,(H,64,68)(H,65,69,70)/b27-21+/t55?,56-,59-,60-,77?/m1/s1. The summed E-state index contributed by atoms with van der Waals surface area (Å²) in [5.74, 6) is 1.03. The van der Waals surface area contributed by atoms with E-state index in [9.17, 15) is 14.4 Å². The Morgan fingerprint density at radius 1 is 0.779 bits per heavy atom. The van der Waals surface area contributed by atoms with E-state index >= 15 is 0 Å². The molecule has 15 heteroatoms. The second-order valence-corrected chi connectivity index (χ2v) is 22.1. The third kappa shape index (κ3) is 19.6. The van der Waals surface area contributed by atoms with Crippen LogP contribution in [0.1, 0.15) is 173 Å². The number of rotatable bonds is 38. The molecular formula is C62H90N5O9P. The molecule has 77 heavy (non-hydrogen) atoms. The SMILES string of the molecule is [C-]#[N+]CCOP(O[C@@H]1C(C/C=C/CCCCNC(=O)CCCCCCCCCCCCCCC)[C@H](n2ccc(=O)[nH]c2=O)O[C@@H]1COC(c1ccccc1)(c1ccc(OC)cc1)c1ccc(OC)cc1)N(C(C)C)C(C)C. The number of unbranched alkanes of at least 4 members (excludes halogenated alkanes) is 14. The topological polar surface area (TPSA) is 147 Å². The summed E-state index contributed by atoms with van der Waals surface area (Å²) in [6.07, 6.45) is 23.5. The Bertz CT molecular complexity index is 2400. The number of hydrogen-bond acceptors (Lipinski definition) is 10. The number of benzene rings is 3. The summed E-state index contributed by atoms with van der Waals surface area (Å²) in [4.78, 5) is 44.9. The van der Waals surface area contributed by atoms with Crippen molar-refractivity contribution >= 4 is 14.4 Å². The fourth-order valence-corrected chi connectivity index (χ4v) is 12.1. The Kier molecular flexibility index (Phi) is 28.2. The molecular weight excluding hydrogens is 990 g/mol. The molecule has 0 saturated carbocycles. The Morgan fingerprint density at radius 3 is 1.90 bits per heavy atom. The summed E-state index contributed by atoms with van der Waals surface area (Å²) in [6.45, 7) is 19.1. The average Bonchev–Trinajstić information content (AvgIpc) is 3.77. The van der Waals surface area contributed by atoms with Crippen molar-refractivity contribution in [3.8, 4) is 11.5 Å². The molecule has 1 aliphatic heterocycles. The highest BCUT2D eigenvalue weighted by Gasteiger charge is 2.50. The number of nitrogens with one attached hydrogen (secondary N) is 2. The van der Waals surface area contributed by atoms with Crippen molar-refractivity contribution in [2.24, 2.45) is 5.92 Å². The van der Waals surface area contributed by atoms with E-state index < -0.39 is 49.7 Å². The van der Waals surface area contributed by atoms with Gasteiger partial charge in [0, 0.05) is 43.2 Å². The van der Waals surface area contributed by atoms with Gasteiger partial charge in [-0.25, -0.2) is 16.0 Å². The van der Waals surface area contributed by atoms with E-state index in [2.05, 4.69) is 66.6 Å². The lowest BCUT2D eigenvalue weighted by Crippen LogP contribution is -2.41. The number of carbonyl (C=O) groups is 1. The monoisotopic (exact) mass is 1080 g/mol. The maximum Gasteiger partial charge on any atom is 0.330 e. The molecule has 1 aromatic heterocycles. The zero-order valence-corrected chi connectivity index (χ0v) is 48.2. The first-order valence-electron chi connectivity index (χ1n) is 28.6. The van der Waals surface area contributed by atoms with Gasteiger partial charge < -0.3 is 38.2 Å². The zero-order chi connectivity index (χ0) is 55.3. The van der Waals surface area contributed by atoms with Crippen LogP contribution in [-0.2, 0) is 28.9 Å². The van der Waals surface area contributed by atoms with E-state index in [1.54, 1.807) is 14.2 Å². The minimum Gasteiger partial charge on any atom is -0.497 e. The number of aromatic nitrogens is 2. The highest BCUT2D eigenvalue weighted by atomic mass is 31.2. The zero-order valence-electron chi connectivity index (χ0n) is 47.3. The smallest absolute Gasteiger partial charge is 0.330 e. The van der Waals surface area contributed by atoms with E-state index in [1.165, 1.54) is 87.5 Å². The van der Waals surface area contributed by atoms with Gasteiger partial charge in [0.05, 0.1) is 20.8 Å². The highest BCUT2D eigenvalue weighted by molar-refractivity contribution is 7.44. The predicted octanol–water partition coefficient (Wildman–Crippen LogP) is 13.5. The molecule has 1 amide bonds. The number of hydrogen-bond donors (Lipinski definition) is 2. The predicted molar refractivity (Wildman–Crippen MR) is 309 cm³/mol. The van der Waals surface area contributed by atoms with Gasteiger partial charge >= 0.3 is 5.69 Å². The van der Waals surface area contributed by atoms with Crippen LogP contribution in [0.5, 0.6) is 11.5 Å². The van der Waals surface area contributed by atoms with Crippen LogP contribution >= 0.6 is 8.53 Å². The van der Waals surface area contributed by atoms with Crippen molar-refractivity contribution in [3.63, 3.8) is 0 Å². The minimum atomic E-state index is -1.79. The first-order valence-corrected chi connectivity index (χ1v) is 29.7. The Labute approximate surface area is 461 Å². The van der Waals surface area contributed by atoms with Crippen molar-refractivity contribution < 1.29 is 32.8 Å². The van der Waals surface area contributed by atoms with Crippen LogP contribution in [0, 0.1) is 12.5 Å². The molecule has 1 saturated heterocycles. The molecule has 0 bridgehead atoms. The summed E-state index contributed by atoms with van der Waals surface area (Å²) >= 11 is 0. The van der Waals surface area contributed by atoms with E-state index in [0.29, 0.717) is 30.9 Å². The van der Waals surface area contributed by atoms with Gasteiger partial charge in [0.25, 0.3) is 14.1 Å². The van der Waals surface area contributed by atoms with Crippen LogP contribution in [-0.4, -0.2) is 84.9 Å². The summed E-state index contributed by atoms with van der Waals surface area (Å²) in [5.41, 5.74) is 0.219. The molecule has 0 radical (unpaired) electrons. The van der Waals surface area contributed by atoms with Gasteiger partial charge in [-0.2, -0.15) is 0 Å². The molecule has 2 heterocycles. The van der Waals surface area contributed by atoms with Crippen LogP contribution in [0.25, 0.3) is 4.85 Å². The van der Waals surface area contributed by atoms with Crippen LogP contribution < -0.4 is 26.0 Å². The molecule has 1 aliphatic rings. The van der Waals surface area contributed by atoms with E-state index in [0.717, 1.165) is 48.8 Å². The quantitative estimate of drug-likeness (QED) is 0.0146. The minimum absolute atomic E-state index is 0.00784. The molecule has 0 aliphatic carbocycles. The van der Waals surface area contributed by atoms with Gasteiger partial charge in [0.15, 0.2) is 0 Å². The van der Waals surface area contributed by atoms with E-state index in [1.807, 2.05) is 78.9 Å². The highest BCUT2D eigenvalue weighted by Crippen LogP contribution is 2.52. The van der Waals surface area contributed by atoms with E-state index in [-0.39, 0.29) is 37.7 Å². The lowest BCUT2D eigenvalue weighted by atomic mass is 9.80. The number of nitrogens with zero attached hydrogens (tertiary/aromatic N) is 3. The number of methoxy groups -OCH3 is 2.